The van der Waals surface area contributed by atoms with E-state index in [0.29, 0.717) is 19.6 Å². The van der Waals surface area contributed by atoms with Crippen LogP contribution in [0.1, 0.15) is 33.6 Å². The first kappa shape index (κ1) is 18.8. The Balaban J connectivity index is 4.18. The van der Waals surface area contributed by atoms with Gasteiger partial charge in [0.1, 0.15) is 0 Å². The largest absolute Gasteiger partial charge is 0.398 e. The van der Waals surface area contributed by atoms with E-state index in [1.165, 1.54) is 13.8 Å². The predicted molar refractivity (Wildman–Crippen MR) is 69.8 cm³/mol. The minimum absolute atomic E-state index is 0.118. The van der Waals surface area contributed by atoms with Gasteiger partial charge in [-0.15, -0.1) is 0 Å². The third kappa shape index (κ3) is 9.71. The van der Waals surface area contributed by atoms with Crippen LogP contribution >= 0.6 is 0 Å². The monoisotopic (exact) mass is 292 g/mol. The molecule has 0 saturated carbocycles. The Morgan fingerprint density at radius 1 is 1.05 bits per heavy atom. The van der Waals surface area contributed by atoms with Crippen molar-refractivity contribution < 1.29 is 33.3 Å². The fourth-order valence-corrected chi connectivity index (χ4v) is 1.33. The fourth-order valence-electron chi connectivity index (χ4n) is 1.33. The van der Waals surface area contributed by atoms with Crippen LogP contribution in [-0.2, 0) is 33.3 Å². The third-order valence-corrected chi connectivity index (χ3v) is 2.11. The molecule has 0 aliphatic rings. The molecule has 118 valence electrons. The van der Waals surface area contributed by atoms with Gasteiger partial charge in [-0.25, -0.2) is 0 Å². The van der Waals surface area contributed by atoms with E-state index in [0.717, 1.165) is 0 Å². The molecule has 20 heavy (non-hydrogen) atoms. The first-order valence-corrected chi connectivity index (χ1v) is 6.55. The van der Waals surface area contributed by atoms with Gasteiger partial charge in [-0.1, -0.05) is 6.92 Å². The highest BCUT2D eigenvalue weighted by Crippen LogP contribution is 2.16. The summed E-state index contributed by atoms with van der Waals surface area (Å²) < 4.78 is 25.2. The zero-order chi connectivity index (χ0) is 15.4. The van der Waals surface area contributed by atoms with Crippen molar-refractivity contribution in [2.75, 3.05) is 33.5 Å². The lowest BCUT2D eigenvalue weighted by Crippen LogP contribution is -2.40. The maximum absolute atomic E-state index is 11.5. The fraction of sp³-hybridized carbons (Fsp3) is 0.846. The molecule has 7 heteroatoms. The summed E-state index contributed by atoms with van der Waals surface area (Å²) in [4.78, 5) is 22.5. The van der Waals surface area contributed by atoms with Gasteiger partial charge in [0.2, 0.25) is 0 Å². The second-order valence-corrected chi connectivity index (χ2v) is 4.13. The van der Waals surface area contributed by atoms with E-state index in [1.807, 2.05) is 6.92 Å². The van der Waals surface area contributed by atoms with Crippen LogP contribution in [0, 0.1) is 0 Å². The molecule has 0 aromatic heterocycles. The lowest BCUT2D eigenvalue weighted by atomic mass is 10.3. The van der Waals surface area contributed by atoms with Crippen molar-refractivity contribution in [3.63, 3.8) is 0 Å². The summed E-state index contributed by atoms with van der Waals surface area (Å²) in [6.07, 6.45) is 0.861. The molecule has 0 heterocycles. The van der Waals surface area contributed by atoms with Gasteiger partial charge in [-0.2, -0.15) is 0 Å². The van der Waals surface area contributed by atoms with Gasteiger partial charge in [-0.3, -0.25) is 9.59 Å². The summed E-state index contributed by atoms with van der Waals surface area (Å²) >= 11 is 0. The topological polar surface area (TPSA) is 80.3 Å². The van der Waals surface area contributed by atoms with Crippen molar-refractivity contribution in [2.24, 2.45) is 0 Å². The van der Waals surface area contributed by atoms with Crippen LogP contribution in [0.3, 0.4) is 0 Å². The van der Waals surface area contributed by atoms with Gasteiger partial charge in [-0.05, 0) is 6.42 Å². The van der Waals surface area contributed by atoms with Gasteiger partial charge in [0.15, 0.2) is 0 Å². The van der Waals surface area contributed by atoms with Crippen LogP contribution < -0.4 is 0 Å². The van der Waals surface area contributed by atoms with E-state index < -0.39 is 17.9 Å². The molecule has 0 amide bonds. The van der Waals surface area contributed by atoms with Crippen LogP contribution in [0.25, 0.3) is 0 Å². The molecule has 0 rings (SSSR count). The molecule has 0 aliphatic carbocycles. The SMILES string of the molecule is CCCC(=O)OC(C)(OCCOCCOC)OC(C)=O. The molecule has 0 aliphatic heterocycles. The van der Waals surface area contributed by atoms with E-state index in [1.54, 1.807) is 7.11 Å². The molecule has 0 fully saturated rings. The van der Waals surface area contributed by atoms with Gasteiger partial charge in [0.05, 0.1) is 26.4 Å². The van der Waals surface area contributed by atoms with Crippen LogP contribution in [0.15, 0.2) is 0 Å². The molecule has 0 spiro atoms. The number of esters is 2. The summed E-state index contributed by atoms with van der Waals surface area (Å²) in [7, 11) is 1.57. The number of hydrogen-bond acceptors (Lipinski definition) is 7. The van der Waals surface area contributed by atoms with E-state index >= 15 is 0 Å². The van der Waals surface area contributed by atoms with Crippen molar-refractivity contribution in [3.8, 4) is 0 Å². The highest BCUT2D eigenvalue weighted by Gasteiger charge is 2.33. The molecule has 1 atom stereocenters. The molecular formula is C13H24O7. The predicted octanol–water partition coefficient (Wildman–Crippen LogP) is 1.25. The Morgan fingerprint density at radius 2 is 1.70 bits per heavy atom. The number of hydrogen-bond donors (Lipinski definition) is 0. The van der Waals surface area contributed by atoms with E-state index in [9.17, 15) is 9.59 Å². The quantitative estimate of drug-likeness (QED) is 0.322. The van der Waals surface area contributed by atoms with Crippen molar-refractivity contribution in [1.82, 2.24) is 0 Å². The van der Waals surface area contributed by atoms with E-state index in [4.69, 9.17) is 23.7 Å². The Labute approximate surface area is 119 Å². The van der Waals surface area contributed by atoms with Gasteiger partial charge >= 0.3 is 17.9 Å². The number of carbonyl (C=O) groups excluding carboxylic acids is 2. The molecule has 0 aromatic carbocycles. The molecular weight excluding hydrogens is 268 g/mol. The minimum Gasteiger partial charge on any atom is -0.398 e. The maximum Gasteiger partial charge on any atom is 0.372 e. The lowest BCUT2D eigenvalue weighted by molar-refractivity contribution is -0.337. The second kappa shape index (κ2) is 10.6. The second-order valence-electron chi connectivity index (χ2n) is 4.13. The zero-order valence-electron chi connectivity index (χ0n) is 12.6. The van der Waals surface area contributed by atoms with Gasteiger partial charge in [0.25, 0.3) is 0 Å². The first-order chi connectivity index (χ1) is 9.43. The Hall–Kier alpha value is -1.18. The minimum atomic E-state index is -1.72. The molecule has 0 N–H and O–H groups in total. The molecule has 0 radical (unpaired) electrons. The average molecular weight is 292 g/mol. The van der Waals surface area contributed by atoms with Crippen LogP contribution in [0.4, 0.5) is 0 Å². The van der Waals surface area contributed by atoms with E-state index in [-0.39, 0.29) is 19.6 Å². The molecule has 0 saturated heterocycles. The molecule has 1 unspecified atom stereocenters. The number of ether oxygens (including phenoxy) is 5. The van der Waals surface area contributed by atoms with Crippen molar-refractivity contribution >= 4 is 11.9 Å². The van der Waals surface area contributed by atoms with E-state index in [2.05, 4.69) is 0 Å². The summed E-state index contributed by atoms with van der Waals surface area (Å²) in [5.74, 6) is -2.81. The van der Waals surface area contributed by atoms with Crippen LogP contribution in [-0.4, -0.2) is 51.4 Å². The van der Waals surface area contributed by atoms with Crippen LogP contribution in [0.5, 0.6) is 0 Å². The smallest absolute Gasteiger partial charge is 0.372 e. The highest BCUT2D eigenvalue weighted by atomic mass is 16.9. The van der Waals surface area contributed by atoms with Crippen LogP contribution in [0.2, 0.25) is 0 Å². The molecule has 7 nitrogen and oxygen atoms in total. The Kier molecular flexibility index (Phi) is 9.96. The van der Waals surface area contributed by atoms with Gasteiger partial charge < -0.3 is 23.7 Å². The van der Waals surface area contributed by atoms with Crippen molar-refractivity contribution in [1.29, 1.82) is 0 Å². The lowest BCUT2D eigenvalue weighted by Gasteiger charge is -2.28. The third-order valence-electron chi connectivity index (χ3n) is 2.11. The Bertz CT molecular complexity index is 292. The number of rotatable bonds is 11. The average Bonchev–Trinajstić information content (AvgIpc) is 2.32. The van der Waals surface area contributed by atoms with Gasteiger partial charge in [0, 0.05) is 27.4 Å². The number of methoxy groups -OCH3 is 1. The van der Waals surface area contributed by atoms with Crippen molar-refractivity contribution in [2.45, 2.75) is 39.6 Å². The Morgan fingerprint density at radius 3 is 2.25 bits per heavy atom. The first-order valence-electron chi connectivity index (χ1n) is 6.55. The summed E-state index contributed by atoms with van der Waals surface area (Å²) in [6.45, 7) is 5.72. The molecule has 0 aromatic rings. The summed E-state index contributed by atoms with van der Waals surface area (Å²) in [6, 6.07) is 0. The normalized spacial score (nSPS) is 13.6. The maximum atomic E-state index is 11.5. The molecule has 0 bridgehead atoms. The van der Waals surface area contributed by atoms with Crippen molar-refractivity contribution in [3.05, 3.63) is 0 Å². The standard InChI is InChI=1S/C13H24O7/c1-5-6-12(15)20-13(3,19-11(2)14)18-10-9-17-8-7-16-4/h5-10H2,1-4H3. The highest BCUT2D eigenvalue weighted by molar-refractivity contribution is 5.70. The summed E-state index contributed by atoms with van der Waals surface area (Å²) in [5, 5.41) is 0. The number of carbonyl (C=O) groups is 2. The zero-order valence-corrected chi connectivity index (χ0v) is 12.6. The summed E-state index contributed by atoms with van der Waals surface area (Å²) in [5.41, 5.74) is 0.